The summed E-state index contributed by atoms with van der Waals surface area (Å²) in [5.74, 6) is 0.879. The highest BCUT2D eigenvalue weighted by atomic mass is 31.2. The Morgan fingerprint density at radius 1 is 0.272 bits per heavy atom. The molecule has 0 amide bonds. The fraction of sp³-hybridized carbons (Fsp3) is 0.945. The van der Waals surface area contributed by atoms with E-state index >= 15 is 0 Å². The molecule has 0 radical (unpaired) electrons. The third-order valence-electron chi connectivity index (χ3n) is 16.8. The maximum atomic E-state index is 13.0. The molecule has 0 aliphatic rings. The molecular formula is C73H142O17P2. The molecule has 5 atom stereocenters. The van der Waals surface area contributed by atoms with Gasteiger partial charge in [0.2, 0.25) is 0 Å². The third kappa shape index (κ3) is 66.7. The summed E-state index contributed by atoms with van der Waals surface area (Å²) in [7, 11) is -9.91. The minimum Gasteiger partial charge on any atom is -0.462 e. The van der Waals surface area contributed by atoms with Gasteiger partial charge >= 0.3 is 39.5 Å². The first-order chi connectivity index (χ1) is 44.1. The van der Waals surface area contributed by atoms with Crippen LogP contribution in [-0.2, 0) is 65.4 Å². The molecule has 0 aromatic heterocycles. The molecule has 0 rings (SSSR count). The smallest absolute Gasteiger partial charge is 0.462 e. The summed E-state index contributed by atoms with van der Waals surface area (Å²) in [5.41, 5.74) is 0. The van der Waals surface area contributed by atoms with Gasteiger partial charge in [0.15, 0.2) is 12.2 Å². The number of phosphoric ester groups is 2. The van der Waals surface area contributed by atoms with E-state index in [0.29, 0.717) is 25.7 Å². The average Bonchev–Trinajstić information content (AvgIpc) is 2.18. The van der Waals surface area contributed by atoms with Crippen molar-refractivity contribution in [2.24, 2.45) is 23.7 Å². The van der Waals surface area contributed by atoms with E-state index in [9.17, 15) is 43.2 Å². The molecular weight excluding hydrogens is 1210 g/mol. The molecule has 0 heterocycles. The van der Waals surface area contributed by atoms with Crippen LogP contribution in [0.15, 0.2) is 0 Å². The normalized spacial score (nSPS) is 14.2. The Balaban J connectivity index is 5.26. The minimum atomic E-state index is -4.95. The van der Waals surface area contributed by atoms with Gasteiger partial charge in [-0.05, 0) is 49.4 Å². The molecule has 3 unspecified atom stereocenters. The average molecular weight is 1350 g/mol. The van der Waals surface area contributed by atoms with E-state index in [4.69, 9.17) is 37.0 Å². The van der Waals surface area contributed by atoms with E-state index in [0.717, 1.165) is 114 Å². The second kappa shape index (κ2) is 62.6. The van der Waals surface area contributed by atoms with Crippen LogP contribution in [0.4, 0.5) is 0 Å². The van der Waals surface area contributed by atoms with Crippen LogP contribution in [0, 0.1) is 23.7 Å². The van der Waals surface area contributed by atoms with Crippen molar-refractivity contribution < 1.29 is 80.2 Å². The number of carbonyl (C=O) groups excluding carboxylic acids is 4. The van der Waals surface area contributed by atoms with Gasteiger partial charge in [-0.2, -0.15) is 0 Å². The van der Waals surface area contributed by atoms with Crippen molar-refractivity contribution >= 4 is 39.5 Å². The van der Waals surface area contributed by atoms with Crippen LogP contribution < -0.4 is 0 Å². The number of phosphoric acid groups is 2. The van der Waals surface area contributed by atoms with Crippen LogP contribution in [0.2, 0.25) is 0 Å². The summed E-state index contributed by atoms with van der Waals surface area (Å²) in [4.78, 5) is 72.7. The number of hydrogen-bond acceptors (Lipinski definition) is 15. The summed E-state index contributed by atoms with van der Waals surface area (Å²) in [6.45, 7) is 14.1. The molecule has 0 spiro atoms. The van der Waals surface area contributed by atoms with Gasteiger partial charge in [0.25, 0.3) is 0 Å². The summed E-state index contributed by atoms with van der Waals surface area (Å²) in [6, 6.07) is 0. The molecule has 0 saturated carbocycles. The predicted octanol–water partition coefficient (Wildman–Crippen LogP) is 20.9. The molecule has 92 heavy (non-hydrogen) atoms. The Bertz CT molecular complexity index is 1820. The lowest BCUT2D eigenvalue weighted by atomic mass is 10.0. The van der Waals surface area contributed by atoms with Gasteiger partial charge in [0.1, 0.15) is 19.3 Å². The topological polar surface area (TPSA) is 237 Å². The monoisotopic (exact) mass is 1350 g/mol. The van der Waals surface area contributed by atoms with E-state index in [1.807, 2.05) is 0 Å². The van der Waals surface area contributed by atoms with Crippen molar-refractivity contribution in [1.29, 1.82) is 0 Å². The van der Waals surface area contributed by atoms with Gasteiger partial charge in [-0.25, -0.2) is 9.13 Å². The lowest BCUT2D eigenvalue weighted by Crippen LogP contribution is -2.30. The van der Waals surface area contributed by atoms with Gasteiger partial charge in [-0.1, -0.05) is 312 Å². The Hall–Kier alpha value is -1.94. The molecule has 17 nitrogen and oxygen atoms in total. The highest BCUT2D eigenvalue weighted by Gasteiger charge is 2.30. The molecule has 19 heteroatoms. The number of unbranched alkanes of at least 4 members (excludes halogenated alkanes) is 36. The first-order valence-electron chi connectivity index (χ1n) is 37.7. The highest BCUT2D eigenvalue weighted by Crippen LogP contribution is 2.45. The first kappa shape index (κ1) is 90.1. The molecule has 0 aromatic rings. The second-order valence-corrected chi connectivity index (χ2v) is 31.1. The van der Waals surface area contributed by atoms with E-state index < -0.39 is 97.5 Å². The second-order valence-electron chi connectivity index (χ2n) is 28.2. The number of aliphatic hydroxyl groups excluding tert-OH is 1. The summed E-state index contributed by atoms with van der Waals surface area (Å²) in [5, 5.41) is 10.6. The van der Waals surface area contributed by atoms with Gasteiger partial charge in [0.05, 0.1) is 26.4 Å². The molecule has 0 aliphatic carbocycles. The number of rotatable bonds is 70. The Kier molecular flexibility index (Phi) is 61.3. The fourth-order valence-corrected chi connectivity index (χ4v) is 12.6. The zero-order valence-electron chi connectivity index (χ0n) is 60.2. The van der Waals surface area contributed by atoms with E-state index in [-0.39, 0.29) is 25.7 Å². The molecule has 0 fully saturated rings. The van der Waals surface area contributed by atoms with Crippen molar-refractivity contribution in [3.63, 3.8) is 0 Å². The summed E-state index contributed by atoms with van der Waals surface area (Å²) >= 11 is 0. The number of aliphatic hydroxyl groups is 1. The molecule has 546 valence electrons. The van der Waals surface area contributed by atoms with E-state index in [1.54, 1.807) is 0 Å². The largest absolute Gasteiger partial charge is 0.472 e. The van der Waals surface area contributed by atoms with Crippen LogP contribution in [0.3, 0.4) is 0 Å². The molecule has 0 bridgehead atoms. The van der Waals surface area contributed by atoms with Crippen molar-refractivity contribution in [2.45, 2.75) is 382 Å². The van der Waals surface area contributed by atoms with Gasteiger partial charge in [-0.3, -0.25) is 37.3 Å². The van der Waals surface area contributed by atoms with Gasteiger partial charge < -0.3 is 33.8 Å². The Morgan fingerprint density at radius 2 is 0.457 bits per heavy atom. The number of carbonyl (C=O) groups is 4. The number of ether oxygens (including phenoxy) is 4. The van der Waals surface area contributed by atoms with Crippen molar-refractivity contribution in [3.8, 4) is 0 Å². The fourth-order valence-electron chi connectivity index (χ4n) is 11.0. The number of hydrogen-bond donors (Lipinski definition) is 3. The quantitative estimate of drug-likeness (QED) is 0.0222. The van der Waals surface area contributed by atoms with Crippen molar-refractivity contribution in [2.75, 3.05) is 39.6 Å². The lowest BCUT2D eigenvalue weighted by Gasteiger charge is -2.21. The summed E-state index contributed by atoms with van der Waals surface area (Å²) < 4.78 is 68.4. The van der Waals surface area contributed by atoms with Crippen molar-refractivity contribution in [1.82, 2.24) is 0 Å². The van der Waals surface area contributed by atoms with Crippen LogP contribution in [0.5, 0.6) is 0 Å². The SMILES string of the molecule is CC(C)CCCCCCCCCCCCCCCC(=O)O[C@H](COC(=O)CCCCCCCCCCC(C)C)COP(=O)(O)OCC(O)COP(=O)(O)OC[C@@H](COC(=O)CCCCCCCCCCC(C)C)OC(=O)CCCCCCCCCCCCCC(C)C. The first-order valence-corrected chi connectivity index (χ1v) is 40.7. The number of esters is 4. The van der Waals surface area contributed by atoms with Gasteiger partial charge in [-0.15, -0.1) is 0 Å². The zero-order valence-corrected chi connectivity index (χ0v) is 62.0. The molecule has 3 N–H and O–H groups in total. The standard InChI is InChI=1S/C73H142O17P2/c1-63(2)49-41-33-25-17-13-10-9-11-15-19-31-39-47-55-72(77)89-68(59-83-70(75)53-45-37-29-23-21-27-35-43-51-65(5)6)61-87-91(79,80)85-57-67(74)58-86-92(81,82)88-62-69(60-84-71(76)54-46-38-30-24-22-28-36-44-52-66(7)8)90-73(78)56-48-40-32-20-16-12-14-18-26-34-42-50-64(3)4/h63-69,74H,9-62H2,1-8H3,(H,79,80)(H,81,82)/t67?,68-,69-/m1/s1. The van der Waals surface area contributed by atoms with Crippen LogP contribution in [0.1, 0.15) is 364 Å². The van der Waals surface area contributed by atoms with Crippen LogP contribution in [0.25, 0.3) is 0 Å². The Labute approximate surface area is 562 Å². The maximum absolute atomic E-state index is 13.0. The Morgan fingerprint density at radius 3 is 0.674 bits per heavy atom. The van der Waals surface area contributed by atoms with E-state index in [2.05, 4.69) is 55.4 Å². The van der Waals surface area contributed by atoms with Gasteiger partial charge in [0, 0.05) is 25.7 Å². The highest BCUT2D eigenvalue weighted by molar-refractivity contribution is 7.47. The van der Waals surface area contributed by atoms with E-state index in [1.165, 1.54) is 167 Å². The maximum Gasteiger partial charge on any atom is 0.472 e. The van der Waals surface area contributed by atoms with Crippen molar-refractivity contribution in [3.05, 3.63) is 0 Å². The minimum absolute atomic E-state index is 0.105. The molecule has 0 aromatic carbocycles. The molecule has 0 aliphatic heterocycles. The third-order valence-corrected chi connectivity index (χ3v) is 18.7. The summed E-state index contributed by atoms with van der Waals surface area (Å²) in [6.07, 6.45) is 45.8. The van der Waals surface area contributed by atoms with Crippen LogP contribution >= 0.6 is 15.6 Å². The predicted molar refractivity (Wildman–Crippen MR) is 372 cm³/mol. The zero-order chi connectivity index (χ0) is 68.2. The lowest BCUT2D eigenvalue weighted by molar-refractivity contribution is -0.161. The molecule has 0 saturated heterocycles. The van der Waals surface area contributed by atoms with Crippen LogP contribution in [-0.4, -0.2) is 96.7 Å².